The fraction of sp³-hybridized carbons (Fsp3) is 0.611. The van der Waals surface area contributed by atoms with Crippen molar-refractivity contribution in [1.29, 1.82) is 0 Å². The standard InChI is InChI=1S/C18H24ClNO2/c1-13-11-15(19)6-9-17(13)22-10-2-3-18(21)20(16-7-8-16)12-14-4-5-14/h6,9,11,14,16H,2-5,7-8,10,12H2,1H3. The third kappa shape index (κ3) is 4.39. The summed E-state index contributed by atoms with van der Waals surface area (Å²) >= 11 is 5.93. The van der Waals surface area contributed by atoms with Crippen molar-refractivity contribution in [2.45, 2.75) is 51.5 Å². The molecule has 0 aliphatic heterocycles. The normalized spacial score (nSPS) is 17.4. The van der Waals surface area contributed by atoms with Gasteiger partial charge in [0.05, 0.1) is 6.61 Å². The lowest BCUT2D eigenvalue weighted by Gasteiger charge is -2.22. The van der Waals surface area contributed by atoms with Gasteiger partial charge in [0.15, 0.2) is 0 Å². The Labute approximate surface area is 137 Å². The molecule has 4 heteroatoms. The van der Waals surface area contributed by atoms with E-state index in [2.05, 4.69) is 4.90 Å². The number of hydrogen-bond acceptors (Lipinski definition) is 2. The van der Waals surface area contributed by atoms with Gasteiger partial charge in [-0.25, -0.2) is 0 Å². The van der Waals surface area contributed by atoms with E-state index in [4.69, 9.17) is 16.3 Å². The molecule has 0 atom stereocenters. The van der Waals surface area contributed by atoms with Crippen LogP contribution >= 0.6 is 11.6 Å². The highest BCUT2D eigenvalue weighted by atomic mass is 35.5. The topological polar surface area (TPSA) is 29.5 Å². The molecular formula is C18H24ClNO2. The highest BCUT2D eigenvalue weighted by molar-refractivity contribution is 6.30. The van der Waals surface area contributed by atoms with E-state index < -0.39 is 0 Å². The molecule has 0 unspecified atom stereocenters. The van der Waals surface area contributed by atoms with Crippen molar-refractivity contribution in [3.8, 4) is 5.75 Å². The van der Waals surface area contributed by atoms with Crippen molar-refractivity contribution in [3.05, 3.63) is 28.8 Å². The molecule has 22 heavy (non-hydrogen) atoms. The van der Waals surface area contributed by atoms with Crippen molar-refractivity contribution >= 4 is 17.5 Å². The molecule has 0 spiro atoms. The van der Waals surface area contributed by atoms with Crippen molar-refractivity contribution in [3.63, 3.8) is 0 Å². The summed E-state index contributed by atoms with van der Waals surface area (Å²) in [7, 11) is 0. The van der Waals surface area contributed by atoms with Crippen LogP contribution < -0.4 is 4.74 Å². The number of ether oxygens (including phenoxy) is 1. The molecule has 0 radical (unpaired) electrons. The Morgan fingerprint density at radius 1 is 1.32 bits per heavy atom. The van der Waals surface area contributed by atoms with E-state index in [0.717, 1.165) is 35.2 Å². The summed E-state index contributed by atoms with van der Waals surface area (Å²) in [4.78, 5) is 14.5. The van der Waals surface area contributed by atoms with Crippen LogP contribution in [0.3, 0.4) is 0 Å². The Balaban J connectivity index is 1.40. The number of aryl methyl sites for hydroxylation is 1. The largest absolute Gasteiger partial charge is 0.493 e. The maximum atomic E-state index is 12.4. The zero-order chi connectivity index (χ0) is 15.5. The minimum Gasteiger partial charge on any atom is -0.493 e. The molecule has 2 saturated carbocycles. The highest BCUT2D eigenvalue weighted by Gasteiger charge is 2.35. The van der Waals surface area contributed by atoms with Crippen molar-refractivity contribution in [1.82, 2.24) is 4.90 Å². The molecule has 3 nitrogen and oxygen atoms in total. The number of rotatable bonds is 8. The van der Waals surface area contributed by atoms with Gasteiger partial charge in [0.25, 0.3) is 0 Å². The Morgan fingerprint density at radius 2 is 2.09 bits per heavy atom. The second kappa shape index (κ2) is 6.91. The second-order valence-electron chi connectivity index (χ2n) is 6.58. The van der Waals surface area contributed by atoms with Crippen LogP contribution in [0, 0.1) is 12.8 Å². The molecule has 1 amide bonds. The number of nitrogens with zero attached hydrogens (tertiary/aromatic N) is 1. The molecule has 0 N–H and O–H groups in total. The highest BCUT2D eigenvalue weighted by Crippen LogP contribution is 2.35. The van der Waals surface area contributed by atoms with Crippen LogP contribution in [0.25, 0.3) is 0 Å². The number of carbonyl (C=O) groups excluding carboxylic acids is 1. The summed E-state index contributed by atoms with van der Waals surface area (Å²) in [5.74, 6) is 1.94. The summed E-state index contributed by atoms with van der Waals surface area (Å²) in [6.07, 6.45) is 6.35. The Kier molecular flexibility index (Phi) is 4.92. The first kappa shape index (κ1) is 15.7. The third-order valence-electron chi connectivity index (χ3n) is 4.39. The third-order valence-corrected chi connectivity index (χ3v) is 4.62. The first-order valence-corrected chi connectivity index (χ1v) is 8.69. The fourth-order valence-corrected chi connectivity index (χ4v) is 2.97. The van der Waals surface area contributed by atoms with Gasteiger partial charge in [-0.15, -0.1) is 0 Å². The molecule has 2 aliphatic rings. The van der Waals surface area contributed by atoms with E-state index >= 15 is 0 Å². The van der Waals surface area contributed by atoms with Crippen LogP contribution in [0.1, 0.15) is 44.1 Å². The van der Waals surface area contributed by atoms with Crippen LogP contribution in [-0.4, -0.2) is 30.0 Å². The summed E-state index contributed by atoms with van der Waals surface area (Å²) in [5.41, 5.74) is 1.03. The monoisotopic (exact) mass is 321 g/mol. The SMILES string of the molecule is Cc1cc(Cl)ccc1OCCCC(=O)N(CC1CC1)C1CC1. The summed E-state index contributed by atoms with van der Waals surface area (Å²) < 4.78 is 5.76. The van der Waals surface area contributed by atoms with E-state index in [-0.39, 0.29) is 0 Å². The average Bonchev–Trinajstić information content (AvgIpc) is 3.36. The average molecular weight is 322 g/mol. The van der Waals surface area contributed by atoms with Crippen molar-refractivity contribution in [2.75, 3.05) is 13.2 Å². The Hall–Kier alpha value is -1.22. The summed E-state index contributed by atoms with van der Waals surface area (Å²) in [5, 5.41) is 0.722. The van der Waals surface area contributed by atoms with Crippen LogP contribution in [0.4, 0.5) is 0 Å². The van der Waals surface area contributed by atoms with Crippen molar-refractivity contribution < 1.29 is 9.53 Å². The number of hydrogen-bond donors (Lipinski definition) is 0. The zero-order valence-corrected chi connectivity index (χ0v) is 13.9. The second-order valence-corrected chi connectivity index (χ2v) is 7.02. The van der Waals surface area contributed by atoms with Gasteiger partial charge in [-0.1, -0.05) is 11.6 Å². The molecule has 0 heterocycles. The summed E-state index contributed by atoms with van der Waals surface area (Å²) in [6, 6.07) is 6.15. The quantitative estimate of drug-likeness (QED) is 0.671. The molecule has 0 saturated heterocycles. The number of carbonyl (C=O) groups is 1. The van der Waals surface area contributed by atoms with Gasteiger partial charge in [-0.3, -0.25) is 4.79 Å². The lowest BCUT2D eigenvalue weighted by atomic mass is 10.2. The molecule has 0 bridgehead atoms. The van der Waals surface area contributed by atoms with E-state index in [1.165, 1.54) is 25.7 Å². The molecule has 2 fully saturated rings. The minimum absolute atomic E-state index is 0.311. The van der Waals surface area contributed by atoms with E-state index in [0.29, 0.717) is 25.0 Å². The molecule has 2 aliphatic carbocycles. The molecule has 120 valence electrons. The fourth-order valence-electron chi connectivity index (χ4n) is 2.74. The van der Waals surface area contributed by atoms with Gasteiger partial charge < -0.3 is 9.64 Å². The van der Waals surface area contributed by atoms with Crippen LogP contribution in [0.5, 0.6) is 5.75 Å². The number of amides is 1. The van der Waals surface area contributed by atoms with Gasteiger partial charge in [-0.2, -0.15) is 0 Å². The maximum Gasteiger partial charge on any atom is 0.222 e. The molecular weight excluding hydrogens is 298 g/mol. The lowest BCUT2D eigenvalue weighted by Crippen LogP contribution is -2.34. The van der Waals surface area contributed by atoms with Crippen LogP contribution in [0.2, 0.25) is 5.02 Å². The van der Waals surface area contributed by atoms with Crippen LogP contribution in [0.15, 0.2) is 18.2 Å². The lowest BCUT2D eigenvalue weighted by molar-refractivity contribution is -0.132. The van der Waals surface area contributed by atoms with E-state index in [9.17, 15) is 4.79 Å². The number of benzene rings is 1. The van der Waals surface area contributed by atoms with Crippen molar-refractivity contribution in [2.24, 2.45) is 5.92 Å². The van der Waals surface area contributed by atoms with E-state index in [1.807, 2.05) is 25.1 Å². The first-order valence-electron chi connectivity index (χ1n) is 8.32. The van der Waals surface area contributed by atoms with Crippen LogP contribution in [-0.2, 0) is 4.79 Å². The zero-order valence-electron chi connectivity index (χ0n) is 13.2. The minimum atomic E-state index is 0.311. The number of halogens is 1. The van der Waals surface area contributed by atoms with Gasteiger partial charge in [-0.05, 0) is 68.7 Å². The van der Waals surface area contributed by atoms with Gasteiger partial charge >= 0.3 is 0 Å². The van der Waals surface area contributed by atoms with Gasteiger partial charge in [0.1, 0.15) is 5.75 Å². The summed E-state index contributed by atoms with van der Waals surface area (Å²) in [6.45, 7) is 3.55. The predicted molar refractivity (Wildman–Crippen MR) is 88.4 cm³/mol. The molecule has 0 aromatic heterocycles. The molecule has 1 aromatic rings. The van der Waals surface area contributed by atoms with E-state index in [1.54, 1.807) is 0 Å². The van der Waals surface area contributed by atoms with Gasteiger partial charge in [0, 0.05) is 24.0 Å². The maximum absolute atomic E-state index is 12.4. The van der Waals surface area contributed by atoms with Gasteiger partial charge in [0.2, 0.25) is 5.91 Å². The first-order chi connectivity index (χ1) is 10.6. The smallest absolute Gasteiger partial charge is 0.222 e. The predicted octanol–water partition coefficient (Wildman–Crippen LogP) is 4.21. The Bertz CT molecular complexity index is 538. The molecule has 1 aromatic carbocycles. The Morgan fingerprint density at radius 3 is 2.73 bits per heavy atom. The molecule has 3 rings (SSSR count).